The first-order chi connectivity index (χ1) is 16.5. The van der Waals surface area contributed by atoms with Crippen LogP contribution < -0.4 is 20.7 Å². The number of fused-ring (bicyclic) bond motifs is 2. The van der Waals surface area contributed by atoms with Gasteiger partial charge in [0.1, 0.15) is 16.9 Å². The van der Waals surface area contributed by atoms with Crippen molar-refractivity contribution < 1.29 is 18.3 Å². The molecule has 1 aliphatic rings. The van der Waals surface area contributed by atoms with Crippen LogP contribution in [0.25, 0.3) is 21.8 Å². The second-order valence-corrected chi connectivity index (χ2v) is 8.48. The fourth-order valence-electron chi connectivity index (χ4n) is 4.70. The fraction of sp³-hybridized carbons (Fsp3) is 0.385. The van der Waals surface area contributed by atoms with E-state index in [-0.39, 0.29) is 11.8 Å². The van der Waals surface area contributed by atoms with Gasteiger partial charge in [-0.25, -0.2) is 19.6 Å². The number of rotatable bonds is 6. The van der Waals surface area contributed by atoms with Crippen LogP contribution in [0.1, 0.15) is 57.7 Å². The number of hydrogen-bond donors (Lipinski definition) is 0. The molecular formula is C26H26N2O6. The highest BCUT2D eigenvalue weighted by Gasteiger charge is 2.44. The highest BCUT2D eigenvalue weighted by atomic mass is 16.5. The highest BCUT2D eigenvalue weighted by Crippen LogP contribution is 2.43. The molecule has 0 saturated heterocycles. The molecule has 0 bridgehead atoms. The summed E-state index contributed by atoms with van der Waals surface area (Å²) in [7, 11) is 0. The quantitative estimate of drug-likeness (QED) is 0.405. The molecule has 0 unspecified atom stereocenters. The van der Waals surface area contributed by atoms with E-state index >= 15 is 0 Å². The van der Waals surface area contributed by atoms with Gasteiger partial charge >= 0.3 is 11.3 Å². The van der Waals surface area contributed by atoms with E-state index in [1.807, 2.05) is 13.8 Å². The summed E-state index contributed by atoms with van der Waals surface area (Å²) in [6, 6.07) is 10.3. The summed E-state index contributed by atoms with van der Waals surface area (Å²) in [5.74, 6) is 1.63. The lowest BCUT2D eigenvalue weighted by molar-refractivity contribution is 0.214. The van der Waals surface area contributed by atoms with Crippen molar-refractivity contribution in [1.82, 2.24) is 9.97 Å². The van der Waals surface area contributed by atoms with Gasteiger partial charge in [0.25, 0.3) is 0 Å². The molecule has 5 rings (SSSR count). The number of nitrogens with zero attached hydrogens (tertiary/aromatic N) is 2. The van der Waals surface area contributed by atoms with Crippen LogP contribution in [0.2, 0.25) is 0 Å². The summed E-state index contributed by atoms with van der Waals surface area (Å²) in [6.07, 6.45) is 4.01. The zero-order valence-electron chi connectivity index (χ0n) is 19.3. The lowest BCUT2D eigenvalue weighted by atomic mass is 9.73. The second kappa shape index (κ2) is 8.93. The number of benzene rings is 2. The first kappa shape index (κ1) is 22.1. The van der Waals surface area contributed by atoms with E-state index in [0.29, 0.717) is 59.4 Å². The molecule has 34 heavy (non-hydrogen) atoms. The third-order valence-electron chi connectivity index (χ3n) is 6.35. The Morgan fingerprint density at radius 2 is 1.24 bits per heavy atom. The number of aromatic nitrogens is 2. The van der Waals surface area contributed by atoms with Gasteiger partial charge in [0.15, 0.2) is 0 Å². The van der Waals surface area contributed by atoms with Crippen molar-refractivity contribution in [2.24, 2.45) is 0 Å². The van der Waals surface area contributed by atoms with E-state index in [4.69, 9.17) is 28.3 Å². The minimum absolute atomic E-state index is 0.231. The summed E-state index contributed by atoms with van der Waals surface area (Å²) in [4.78, 5) is 35.4. The maximum Gasteiger partial charge on any atom is 0.346 e. The van der Waals surface area contributed by atoms with Crippen LogP contribution in [0.4, 0.5) is 0 Å². The molecule has 0 radical (unpaired) electrons. The van der Waals surface area contributed by atoms with Crippen LogP contribution in [-0.4, -0.2) is 23.2 Å². The van der Waals surface area contributed by atoms with Crippen molar-refractivity contribution in [2.75, 3.05) is 13.2 Å². The SMILES string of the molecule is CCOc1ccc2nc(C3(c4nc5ccc(OCC)cc5c(=O)o4)CCCCC3)oc(=O)c2c1. The van der Waals surface area contributed by atoms with Gasteiger partial charge in [-0.05, 0) is 63.1 Å². The molecule has 1 saturated carbocycles. The minimum Gasteiger partial charge on any atom is -0.494 e. The van der Waals surface area contributed by atoms with E-state index in [0.717, 1.165) is 19.3 Å². The Labute approximate surface area is 195 Å². The Balaban J connectivity index is 1.68. The van der Waals surface area contributed by atoms with E-state index in [1.165, 1.54) is 0 Å². The van der Waals surface area contributed by atoms with Crippen molar-refractivity contribution in [3.8, 4) is 11.5 Å². The van der Waals surface area contributed by atoms with Gasteiger partial charge in [0, 0.05) is 0 Å². The lowest BCUT2D eigenvalue weighted by Crippen LogP contribution is -2.34. The summed E-state index contributed by atoms with van der Waals surface area (Å²) < 4.78 is 22.6. The molecule has 4 aromatic rings. The van der Waals surface area contributed by atoms with Crippen LogP contribution in [0, 0.1) is 0 Å². The van der Waals surface area contributed by atoms with E-state index in [9.17, 15) is 9.59 Å². The molecule has 2 heterocycles. The normalized spacial score (nSPS) is 15.5. The lowest BCUT2D eigenvalue weighted by Gasteiger charge is -2.32. The van der Waals surface area contributed by atoms with Crippen molar-refractivity contribution >= 4 is 21.8 Å². The summed E-state index contributed by atoms with van der Waals surface area (Å²) in [5, 5.41) is 0.689. The van der Waals surface area contributed by atoms with Crippen molar-refractivity contribution in [1.29, 1.82) is 0 Å². The molecule has 8 nitrogen and oxygen atoms in total. The molecule has 2 aromatic carbocycles. The summed E-state index contributed by atoms with van der Waals surface area (Å²) >= 11 is 0. The molecule has 176 valence electrons. The summed E-state index contributed by atoms with van der Waals surface area (Å²) in [6.45, 7) is 4.74. The smallest absolute Gasteiger partial charge is 0.346 e. The van der Waals surface area contributed by atoms with Crippen LogP contribution in [0.15, 0.2) is 54.8 Å². The summed E-state index contributed by atoms with van der Waals surface area (Å²) in [5.41, 5.74) is -0.892. The molecular weight excluding hydrogens is 436 g/mol. The van der Waals surface area contributed by atoms with Crippen LogP contribution in [0.5, 0.6) is 11.5 Å². The monoisotopic (exact) mass is 462 g/mol. The molecule has 1 aliphatic carbocycles. The average Bonchev–Trinajstić information content (AvgIpc) is 2.85. The van der Waals surface area contributed by atoms with Crippen molar-refractivity contribution in [3.63, 3.8) is 0 Å². The number of hydrogen-bond acceptors (Lipinski definition) is 8. The van der Waals surface area contributed by atoms with Gasteiger partial charge < -0.3 is 18.3 Å². The highest BCUT2D eigenvalue weighted by molar-refractivity contribution is 5.79. The Bertz CT molecular complexity index is 1360. The van der Waals surface area contributed by atoms with Gasteiger partial charge in [-0.3, -0.25) is 0 Å². The first-order valence-corrected chi connectivity index (χ1v) is 11.7. The van der Waals surface area contributed by atoms with E-state index < -0.39 is 16.7 Å². The van der Waals surface area contributed by atoms with Gasteiger partial charge in [-0.2, -0.15) is 0 Å². The zero-order chi connectivity index (χ0) is 23.7. The van der Waals surface area contributed by atoms with Gasteiger partial charge in [0.2, 0.25) is 11.8 Å². The Morgan fingerprint density at radius 1 is 0.765 bits per heavy atom. The maximum atomic E-state index is 13.0. The van der Waals surface area contributed by atoms with Gasteiger partial charge in [0.05, 0.1) is 35.0 Å². The molecule has 0 N–H and O–H groups in total. The Hall–Kier alpha value is -3.68. The maximum absolute atomic E-state index is 13.0. The molecule has 8 heteroatoms. The molecule has 0 atom stereocenters. The third-order valence-corrected chi connectivity index (χ3v) is 6.35. The molecule has 0 spiro atoms. The van der Waals surface area contributed by atoms with Gasteiger partial charge in [-0.1, -0.05) is 19.3 Å². The van der Waals surface area contributed by atoms with Crippen LogP contribution in [0.3, 0.4) is 0 Å². The minimum atomic E-state index is -0.893. The van der Waals surface area contributed by atoms with E-state index in [1.54, 1.807) is 36.4 Å². The topological polar surface area (TPSA) is 105 Å². The van der Waals surface area contributed by atoms with Gasteiger partial charge in [-0.15, -0.1) is 0 Å². The Morgan fingerprint density at radius 3 is 1.68 bits per heavy atom. The molecule has 1 fully saturated rings. The zero-order valence-corrected chi connectivity index (χ0v) is 19.3. The molecule has 2 aromatic heterocycles. The van der Waals surface area contributed by atoms with Crippen molar-refractivity contribution in [3.05, 3.63) is 69.0 Å². The van der Waals surface area contributed by atoms with Crippen LogP contribution in [-0.2, 0) is 5.41 Å². The number of ether oxygens (including phenoxy) is 2. The first-order valence-electron chi connectivity index (χ1n) is 11.7. The predicted octanol–water partition coefficient (Wildman–Crippen LogP) is 4.74. The fourth-order valence-corrected chi connectivity index (χ4v) is 4.70. The third kappa shape index (κ3) is 3.83. The standard InChI is InChI=1S/C26H26N2O6/c1-3-31-16-8-10-20-18(14-16)22(29)33-24(27-20)26(12-6-5-7-13-26)25-28-21-11-9-17(32-4-2)15-19(21)23(30)34-25/h8-11,14-15H,3-7,12-13H2,1-2H3. The largest absolute Gasteiger partial charge is 0.494 e. The molecule has 0 amide bonds. The second-order valence-electron chi connectivity index (χ2n) is 8.48. The van der Waals surface area contributed by atoms with Crippen LogP contribution >= 0.6 is 0 Å². The predicted molar refractivity (Wildman–Crippen MR) is 127 cm³/mol. The van der Waals surface area contributed by atoms with Crippen molar-refractivity contribution in [2.45, 2.75) is 51.4 Å². The average molecular weight is 463 g/mol. The molecule has 0 aliphatic heterocycles. The Kier molecular flexibility index (Phi) is 5.81. The van der Waals surface area contributed by atoms with E-state index in [2.05, 4.69) is 0 Å².